The van der Waals surface area contributed by atoms with Crippen molar-refractivity contribution in [2.45, 2.75) is 13.5 Å². The smallest absolute Gasteiger partial charge is 0.343 e. The third-order valence-corrected chi connectivity index (χ3v) is 3.82. The van der Waals surface area contributed by atoms with E-state index in [9.17, 15) is 14.4 Å². The van der Waals surface area contributed by atoms with Gasteiger partial charge < -0.3 is 10.1 Å². The Morgan fingerprint density at radius 1 is 1.30 bits per heavy atom. The van der Waals surface area contributed by atoms with Crippen molar-refractivity contribution in [1.82, 2.24) is 20.4 Å². The first kappa shape index (κ1) is 20.2. The molecule has 0 fully saturated rings. The maximum atomic E-state index is 12.3. The molecule has 0 aliphatic carbocycles. The maximum absolute atomic E-state index is 12.3. The molecule has 0 bridgehead atoms. The highest BCUT2D eigenvalue weighted by molar-refractivity contribution is 6.32. The third-order valence-electron chi connectivity index (χ3n) is 3.44. The summed E-state index contributed by atoms with van der Waals surface area (Å²) in [5, 5.41) is 8.75. The lowest BCUT2D eigenvalue weighted by atomic mass is 10.2. The zero-order valence-electron chi connectivity index (χ0n) is 14.7. The minimum Gasteiger partial charge on any atom is -0.452 e. The molecule has 9 heteroatoms. The van der Waals surface area contributed by atoms with Gasteiger partial charge >= 0.3 is 12.0 Å². The molecule has 0 radical (unpaired) electrons. The maximum Gasteiger partial charge on any atom is 0.343 e. The van der Waals surface area contributed by atoms with Crippen molar-refractivity contribution in [1.29, 1.82) is 0 Å². The molecular formula is C18H19ClN4O4. The first-order chi connectivity index (χ1) is 12.9. The predicted octanol–water partition coefficient (Wildman–Crippen LogP) is 2.06. The lowest BCUT2D eigenvalue weighted by Crippen LogP contribution is -2.41. The van der Waals surface area contributed by atoms with Crippen LogP contribution in [0.15, 0.2) is 43.0 Å². The number of carbonyl (C=O) groups excluding carboxylic acids is 3. The van der Waals surface area contributed by atoms with Crippen LogP contribution in [0.3, 0.4) is 0 Å². The summed E-state index contributed by atoms with van der Waals surface area (Å²) in [6, 6.07) is 8.78. The molecule has 2 rings (SSSR count). The Balaban J connectivity index is 1.97. The molecule has 0 saturated carbocycles. The second-order valence-corrected chi connectivity index (χ2v) is 5.88. The molecule has 0 saturated heterocycles. The fraction of sp³-hybridized carbons (Fsp3) is 0.222. The number of benzene rings is 1. The number of halogens is 1. The standard InChI is InChI=1S/C18H19ClN4O4/c1-3-9-20-18(26)21-14(24)11-27-17(25)15-12(2)22-23(16(15)19)10-13-7-5-4-6-8-13/h3-8H,1,9-11H2,2H3,(H2,20,21,24,26). The van der Waals surface area contributed by atoms with Crippen LogP contribution in [0.5, 0.6) is 0 Å². The Hall–Kier alpha value is -3.13. The van der Waals surface area contributed by atoms with Gasteiger partial charge in [0.1, 0.15) is 10.7 Å². The van der Waals surface area contributed by atoms with Crippen LogP contribution in [0.2, 0.25) is 5.15 Å². The van der Waals surface area contributed by atoms with Gasteiger partial charge in [0.2, 0.25) is 0 Å². The molecular weight excluding hydrogens is 372 g/mol. The minimum atomic E-state index is -0.793. The van der Waals surface area contributed by atoms with E-state index in [2.05, 4.69) is 17.0 Å². The fourth-order valence-electron chi connectivity index (χ4n) is 2.22. The molecule has 2 aromatic rings. The number of ether oxygens (including phenoxy) is 1. The zero-order chi connectivity index (χ0) is 19.8. The Morgan fingerprint density at radius 3 is 2.67 bits per heavy atom. The molecule has 0 spiro atoms. The largest absolute Gasteiger partial charge is 0.452 e. The summed E-state index contributed by atoms with van der Waals surface area (Å²) in [6.45, 7) is 5.01. The van der Waals surface area contributed by atoms with Crippen molar-refractivity contribution in [2.75, 3.05) is 13.2 Å². The van der Waals surface area contributed by atoms with Crippen molar-refractivity contribution in [3.63, 3.8) is 0 Å². The number of carbonyl (C=O) groups is 3. The van der Waals surface area contributed by atoms with E-state index in [0.29, 0.717) is 12.2 Å². The second kappa shape index (κ2) is 9.54. The van der Waals surface area contributed by atoms with Crippen molar-refractivity contribution in [3.8, 4) is 0 Å². The SMILES string of the molecule is C=CCNC(=O)NC(=O)COC(=O)c1c(C)nn(Cc2ccccc2)c1Cl. The quantitative estimate of drug-likeness (QED) is 0.556. The van der Waals surface area contributed by atoms with Crippen molar-refractivity contribution in [3.05, 3.63) is 65.0 Å². The van der Waals surface area contributed by atoms with E-state index < -0.39 is 24.5 Å². The van der Waals surface area contributed by atoms with Gasteiger partial charge in [-0.25, -0.2) is 14.3 Å². The van der Waals surface area contributed by atoms with Gasteiger partial charge in [0.15, 0.2) is 6.61 Å². The number of urea groups is 1. The van der Waals surface area contributed by atoms with E-state index in [1.54, 1.807) is 6.92 Å². The van der Waals surface area contributed by atoms with E-state index in [0.717, 1.165) is 5.56 Å². The number of esters is 1. The third kappa shape index (κ3) is 5.68. The van der Waals surface area contributed by atoms with Crippen LogP contribution in [0.25, 0.3) is 0 Å². The Kier molecular flexibility index (Phi) is 7.13. The first-order valence-electron chi connectivity index (χ1n) is 8.05. The number of hydrogen-bond acceptors (Lipinski definition) is 5. The molecule has 142 valence electrons. The summed E-state index contributed by atoms with van der Waals surface area (Å²) in [5.41, 5.74) is 1.42. The average molecular weight is 391 g/mol. The fourth-order valence-corrected chi connectivity index (χ4v) is 2.53. The number of nitrogens with one attached hydrogen (secondary N) is 2. The second-order valence-electron chi connectivity index (χ2n) is 5.52. The highest BCUT2D eigenvalue weighted by Gasteiger charge is 2.22. The molecule has 8 nitrogen and oxygen atoms in total. The summed E-state index contributed by atoms with van der Waals surface area (Å²) in [5.74, 6) is -1.56. The van der Waals surface area contributed by atoms with Gasteiger partial charge in [-0.15, -0.1) is 6.58 Å². The Bertz CT molecular complexity index is 849. The molecule has 27 heavy (non-hydrogen) atoms. The molecule has 1 aromatic carbocycles. The number of aryl methyl sites for hydroxylation is 1. The zero-order valence-corrected chi connectivity index (χ0v) is 15.5. The number of aromatic nitrogens is 2. The van der Waals surface area contributed by atoms with Gasteiger partial charge in [0.05, 0.1) is 12.2 Å². The van der Waals surface area contributed by atoms with E-state index in [-0.39, 0.29) is 17.3 Å². The first-order valence-corrected chi connectivity index (χ1v) is 8.42. The Labute approximate surface area is 161 Å². The lowest BCUT2D eigenvalue weighted by Gasteiger charge is -2.06. The number of amides is 3. The van der Waals surface area contributed by atoms with Crippen LogP contribution in [0, 0.1) is 6.92 Å². The van der Waals surface area contributed by atoms with E-state index >= 15 is 0 Å². The molecule has 0 aliphatic rings. The average Bonchev–Trinajstić information content (AvgIpc) is 2.92. The molecule has 2 N–H and O–H groups in total. The molecule has 3 amide bonds. The topological polar surface area (TPSA) is 102 Å². The van der Waals surface area contributed by atoms with Crippen molar-refractivity contribution in [2.24, 2.45) is 0 Å². The molecule has 0 unspecified atom stereocenters. The summed E-state index contributed by atoms with van der Waals surface area (Å²) in [6.07, 6.45) is 1.46. The van der Waals surface area contributed by atoms with E-state index in [4.69, 9.17) is 16.3 Å². The molecule has 1 heterocycles. The number of imide groups is 1. The highest BCUT2D eigenvalue weighted by atomic mass is 35.5. The van der Waals surface area contributed by atoms with Gasteiger partial charge in [-0.1, -0.05) is 48.0 Å². The van der Waals surface area contributed by atoms with Crippen LogP contribution >= 0.6 is 11.6 Å². The molecule has 0 aliphatic heterocycles. The van der Waals surface area contributed by atoms with Crippen LogP contribution in [0.1, 0.15) is 21.6 Å². The van der Waals surface area contributed by atoms with Crippen LogP contribution in [-0.4, -0.2) is 40.8 Å². The van der Waals surface area contributed by atoms with Gasteiger partial charge in [0.25, 0.3) is 5.91 Å². The number of rotatable bonds is 7. The summed E-state index contributed by atoms with van der Waals surface area (Å²) in [7, 11) is 0. The van der Waals surface area contributed by atoms with Crippen LogP contribution in [0.4, 0.5) is 4.79 Å². The number of hydrogen-bond donors (Lipinski definition) is 2. The van der Waals surface area contributed by atoms with Gasteiger partial charge in [0, 0.05) is 6.54 Å². The van der Waals surface area contributed by atoms with Gasteiger partial charge in [-0.2, -0.15) is 5.10 Å². The molecule has 1 aromatic heterocycles. The Morgan fingerprint density at radius 2 is 2.00 bits per heavy atom. The number of nitrogens with zero attached hydrogens (tertiary/aromatic N) is 2. The lowest BCUT2D eigenvalue weighted by molar-refractivity contribution is -0.123. The molecule has 0 atom stereocenters. The summed E-state index contributed by atoms with van der Waals surface area (Å²) >= 11 is 6.26. The van der Waals surface area contributed by atoms with E-state index in [1.165, 1.54) is 10.8 Å². The van der Waals surface area contributed by atoms with Crippen molar-refractivity contribution < 1.29 is 19.1 Å². The predicted molar refractivity (Wildman–Crippen MR) is 99.5 cm³/mol. The van der Waals surface area contributed by atoms with Gasteiger partial charge in [-0.05, 0) is 12.5 Å². The monoisotopic (exact) mass is 390 g/mol. The summed E-state index contributed by atoms with van der Waals surface area (Å²) in [4.78, 5) is 35.2. The van der Waals surface area contributed by atoms with Gasteiger partial charge in [-0.3, -0.25) is 10.1 Å². The highest BCUT2D eigenvalue weighted by Crippen LogP contribution is 2.21. The van der Waals surface area contributed by atoms with Crippen molar-refractivity contribution >= 4 is 29.5 Å². The summed E-state index contributed by atoms with van der Waals surface area (Å²) < 4.78 is 6.41. The van der Waals surface area contributed by atoms with Crippen LogP contribution < -0.4 is 10.6 Å². The van der Waals surface area contributed by atoms with E-state index in [1.807, 2.05) is 35.6 Å². The normalized spacial score (nSPS) is 10.1. The van der Waals surface area contributed by atoms with Crippen LogP contribution in [-0.2, 0) is 16.1 Å². The minimum absolute atomic E-state index is 0.0801.